The Kier molecular flexibility index (Phi) is 7.35. The second-order valence-electron chi connectivity index (χ2n) is 4.70. The van der Waals surface area contributed by atoms with Crippen molar-refractivity contribution < 1.29 is 0 Å². The third-order valence-corrected chi connectivity index (χ3v) is 2.60. The van der Waals surface area contributed by atoms with Gasteiger partial charge < -0.3 is 5.32 Å². The number of hydrogen-bond acceptors (Lipinski definition) is 1. The van der Waals surface area contributed by atoms with Crippen LogP contribution in [0.25, 0.3) is 0 Å². The third-order valence-electron chi connectivity index (χ3n) is 2.60. The second kappa shape index (κ2) is 7.37. The van der Waals surface area contributed by atoms with Crippen LogP contribution in [0, 0.1) is 5.92 Å². The van der Waals surface area contributed by atoms with E-state index < -0.39 is 0 Å². The molecule has 0 amide bonds. The van der Waals surface area contributed by atoms with Crippen LogP contribution in [-0.4, -0.2) is 12.1 Å². The molecule has 0 fully saturated rings. The van der Waals surface area contributed by atoms with Crippen molar-refractivity contribution in [3.8, 4) is 0 Å². The lowest BCUT2D eigenvalue weighted by Gasteiger charge is -2.18. The van der Waals surface area contributed by atoms with Gasteiger partial charge in [0.1, 0.15) is 0 Å². The first kappa shape index (κ1) is 13.0. The van der Waals surface area contributed by atoms with Crippen molar-refractivity contribution in [3.05, 3.63) is 0 Å². The first-order chi connectivity index (χ1) is 6.06. The van der Waals surface area contributed by atoms with E-state index >= 15 is 0 Å². The van der Waals surface area contributed by atoms with Gasteiger partial charge in [-0.25, -0.2) is 0 Å². The predicted molar refractivity (Wildman–Crippen MR) is 61.0 cm³/mol. The van der Waals surface area contributed by atoms with Gasteiger partial charge in [-0.2, -0.15) is 0 Å². The van der Waals surface area contributed by atoms with Crippen molar-refractivity contribution in [2.75, 3.05) is 0 Å². The Bertz CT molecular complexity index is 110. The second-order valence-corrected chi connectivity index (χ2v) is 4.70. The highest BCUT2D eigenvalue weighted by atomic mass is 14.9. The molecule has 80 valence electrons. The molecular weight excluding hydrogens is 158 g/mol. The van der Waals surface area contributed by atoms with Gasteiger partial charge in [-0.05, 0) is 32.6 Å². The molecule has 0 radical (unpaired) electrons. The first-order valence-electron chi connectivity index (χ1n) is 5.82. The van der Waals surface area contributed by atoms with Gasteiger partial charge in [0.2, 0.25) is 0 Å². The number of hydrogen-bond donors (Lipinski definition) is 1. The van der Waals surface area contributed by atoms with E-state index in [1.807, 2.05) is 0 Å². The lowest BCUT2D eigenvalue weighted by molar-refractivity contribution is 0.412. The van der Waals surface area contributed by atoms with Crippen LogP contribution in [0.3, 0.4) is 0 Å². The first-order valence-corrected chi connectivity index (χ1v) is 5.82. The Morgan fingerprint density at radius 1 is 0.923 bits per heavy atom. The maximum atomic E-state index is 3.60. The minimum atomic E-state index is 0.675. The molecular formula is C12H27N. The third kappa shape index (κ3) is 8.29. The van der Waals surface area contributed by atoms with Crippen LogP contribution in [0.2, 0.25) is 0 Å². The van der Waals surface area contributed by atoms with Crippen molar-refractivity contribution in [1.29, 1.82) is 0 Å². The van der Waals surface area contributed by atoms with E-state index in [9.17, 15) is 0 Å². The monoisotopic (exact) mass is 185 g/mol. The molecule has 1 N–H and O–H groups in total. The van der Waals surface area contributed by atoms with Gasteiger partial charge in [0.05, 0.1) is 0 Å². The highest BCUT2D eigenvalue weighted by Gasteiger charge is 2.05. The molecule has 0 aliphatic heterocycles. The molecule has 0 saturated carbocycles. The van der Waals surface area contributed by atoms with E-state index in [-0.39, 0.29) is 0 Å². The lowest BCUT2D eigenvalue weighted by atomic mass is 10.0. The van der Waals surface area contributed by atoms with Gasteiger partial charge in [0, 0.05) is 12.1 Å². The average molecular weight is 185 g/mol. The van der Waals surface area contributed by atoms with E-state index in [4.69, 9.17) is 0 Å². The SMILES string of the molecule is CCC(C)NC(C)CCCC(C)C. The van der Waals surface area contributed by atoms with Crippen molar-refractivity contribution in [1.82, 2.24) is 5.32 Å². The van der Waals surface area contributed by atoms with Crippen LogP contribution in [0.15, 0.2) is 0 Å². The van der Waals surface area contributed by atoms with Crippen molar-refractivity contribution >= 4 is 0 Å². The molecule has 2 unspecified atom stereocenters. The Morgan fingerprint density at radius 2 is 1.54 bits per heavy atom. The maximum absolute atomic E-state index is 3.60. The van der Waals surface area contributed by atoms with Crippen LogP contribution < -0.4 is 5.32 Å². The van der Waals surface area contributed by atoms with Crippen molar-refractivity contribution in [2.24, 2.45) is 5.92 Å². The van der Waals surface area contributed by atoms with E-state index in [0.29, 0.717) is 12.1 Å². The molecule has 0 aliphatic carbocycles. The lowest BCUT2D eigenvalue weighted by Crippen LogP contribution is -2.33. The summed E-state index contributed by atoms with van der Waals surface area (Å²) in [6.45, 7) is 11.4. The van der Waals surface area contributed by atoms with Gasteiger partial charge in [0.25, 0.3) is 0 Å². The summed E-state index contributed by atoms with van der Waals surface area (Å²) < 4.78 is 0. The summed E-state index contributed by atoms with van der Waals surface area (Å²) in [6, 6.07) is 1.36. The molecule has 0 aromatic carbocycles. The fourth-order valence-electron chi connectivity index (χ4n) is 1.52. The zero-order chi connectivity index (χ0) is 10.3. The van der Waals surface area contributed by atoms with Crippen molar-refractivity contribution in [2.45, 2.75) is 72.4 Å². The minimum absolute atomic E-state index is 0.675. The van der Waals surface area contributed by atoms with Crippen LogP contribution in [0.4, 0.5) is 0 Å². The van der Waals surface area contributed by atoms with Gasteiger partial charge >= 0.3 is 0 Å². The van der Waals surface area contributed by atoms with Crippen LogP contribution in [0.5, 0.6) is 0 Å². The molecule has 0 aromatic rings. The molecule has 0 aliphatic rings. The van der Waals surface area contributed by atoms with Gasteiger partial charge in [-0.15, -0.1) is 0 Å². The van der Waals surface area contributed by atoms with Crippen molar-refractivity contribution in [3.63, 3.8) is 0 Å². The largest absolute Gasteiger partial charge is 0.312 e. The summed E-state index contributed by atoms with van der Waals surface area (Å²) in [4.78, 5) is 0. The predicted octanol–water partition coefficient (Wildman–Crippen LogP) is 3.59. The summed E-state index contributed by atoms with van der Waals surface area (Å²) in [5.74, 6) is 0.857. The van der Waals surface area contributed by atoms with Gasteiger partial charge in [0.15, 0.2) is 0 Å². The molecule has 0 rings (SSSR count). The Labute approximate surface area is 84.3 Å². The minimum Gasteiger partial charge on any atom is -0.312 e. The van der Waals surface area contributed by atoms with Crippen LogP contribution in [-0.2, 0) is 0 Å². The molecule has 13 heavy (non-hydrogen) atoms. The summed E-state index contributed by atoms with van der Waals surface area (Å²) in [5, 5.41) is 3.60. The van der Waals surface area contributed by atoms with Gasteiger partial charge in [-0.3, -0.25) is 0 Å². The van der Waals surface area contributed by atoms with E-state index in [2.05, 4.69) is 39.9 Å². The van der Waals surface area contributed by atoms with Gasteiger partial charge in [-0.1, -0.05) is 33.6 Å². The standard InChI is InChI=1S/C12H27N/c1-6-11(4)13-12(5)9-7-8-10(2)3/h10-13H,6-9H2,1-5H3. The number of rotatable bonds is 7. The summed E-state index contributed by atoms with van der Waals surface area (Å²) in [5.41, 5.74) is 0. The summed E-state index contributed by atoms with van der Waals surface area (Å²) in [6.07, 6.45) is 5.28. The van der Waals surface area contributed by atoms with E-state index in [0.717, 1.165) is 5.92 Å². The molecule has 0 spiro atoms. The zero-order valence-corrected chi connectivity index (χ0v) is 10.1. The summed E-state index contributed by atoms with van der Waals surface area (Å²) in [7, 11) is 0. The molecule has 0 bridgehead atoms. The highest BCUT2D eigenvalue weighted by molar-refractivity contribution is 4.66. The Balaban J connectivity index is 3.34. The molecule has 1 nitrogen and oxygen atoms in total. The Hall–Kier alpha value is -0.0400. The molecule has 2 atom stereocenters. The number of nitrogens with one attached hydrogen (secondary N) is 1. The Morgan fingerprint density at radius 3 is 2.00 bits per heavy atom. The average Bonchev–Trinajstić information content (AvgIpc) is 2.03. The smallest absolute Gasteiger partial charge is 0.00412 e. The van der Waals surface area contributed by atoms with E-state index in [1.54, 1.807) is 0 Å². The topological polar surface area (TPSA) is 12.0 Å². The fourth-order valence-corrected chi connectivity index (χ4v) is 1.52. The van der Waals surface area contributed by atoms with E-state index in [1.165, 1.54) is 25.7 Å². The highest BCUT2D eigenvalue weighted by Crippen LogP contribution is 2.08. The maximum Gasteiger partial charge on any atom is 0.00412 e. The molecule has 0 saturated heterocycles. The zero-order valence-electron chi connectivity index (χ0n) is 10.1. The quantitative estimate of drug-likeness (QED) is 0.639. The normalized spacial score (nSPS) is 16.2. The fraction of sp³-hybridized carbons (Fsp3) is 1.00. The molecule has 0 heterocycles. The van der Waals surface area contributed by atoms with Crippen LogP contribution in [0.1, 0.15) is 60.3 Å². The molecule has 0 aromatic heterocycles. The van der Waals surface area contributed by atoms with Crippen LogP contribution >= 0.6 is 0 Å². The molecule has 1 heteroatoms. The summed E-state index contributed by atoms with van der Waals surface area (Å²) >= 11 is 0.